The molecule has 1 amide bonds. The van der Waals surface area contributed by atoms with Crippen molar-refractivity contribution in [3.63, 3.8) is 0 Å². The lowest BCUT2D eigenvalue weighted by Crippen LogP contribution is -2.55. The van der Waals surface area contributed by atoms with Gasteiger partial charge in [0.2, 0.25) is 10.0 Å². The van der Waals surface area contributed by atoms with Gasteiger partial charge in [0.15, 0.2) is 0 Å². The Morgan fingerprint density at radius 2 is 2.21 bits per heavy atom. The van der Waals surface area contributed by atoms with Crippen molar-refractivity contribution in [2.45, 2.75) is 51.6 Å². The van der Waals surface area contributed by atoms with E-state index in [1.54, 1.807) is 21.6 Å². The average molecular weight is 423 g/mol. The van der Waals surface area contributed by atoms with Gasteiger partial charge in [0, 0.05) is 25.8 Å². The Balaban J connectivity index is 1.44. The third-order valence-corrected chi connectivity index (χ3v) is 6.76. The number of carbonyl (C=O) groups excluding carboxylic acids is 1. The van der Waals surface area contributed by atoms with Crippen LogP contribution in [0.5, 0.6) is 0 Å². The largest absolute Gasteiger partial charge is 0.365 e. The molecular weight excluding hydrogens is 398 g/mol. The van der Waals surface area contributed by atoms with Gasteiger partial charge in [0.1, 0.15) is 17.0 Å². The molecule has 0 aromatic carbocycles. The zero-order chi connectivity index (χ0) is 20.6. The number of nitrogens with zero attached hydrogens (tertiary/aromatic N) is 6. The molecule has 1 fully saturated rings. The molecule has 1 spiro atoms. The van der Waals surface area contributed by atoms with Gasteiger partial charge in [-0.2, -0.15) is 9.40 Å². The molecule has 4 rings (SSSR count). The van der Waals surface area contributed by atoms with Crippen molar-refractivity contribution in [3.8, 4) is 0 Å². The molecule has 2 aromatic rings. The predicted octanol–water partition coefficient (Wildman–Crippen LogP) is -0.251. The predicted molar refractivity (Wildman–Crippen MR) is 102 cm³/mol. The number of fused-ring (bicyclic) bond motifs is 1. The van der Waals surface area contributed by atoms with Gasteiger partial charge in [-0.05, 0) is 25.8 Å². The van der Waals surface area contributed by atoms with E-state index >= 15 is 0 Å². The first kappa shape index (κ1) is 20.0. The highest BCUT2D eigenvalue weighted by Crippen LogP contribution is 2.33. The fourth-order valence-corrected chi connectivity index (χ4v) is 4.88. The maximum Gasteiger partial charge on any atom is 0.269 e. The van der Waals surface area contributed by atoms with Crippen molar-refractivity contribution >= 4 is 15.9 Å². The Bertz CT molecular complexity index is 1010. The first-order valence-electron chi connectivity index (χ1n) is 9.62. The van der Waals surface area contributed by atoms with E-state index in [1.807, 2.05) is 6.92 Å². The smallest absolute Gasteiger partial charge is 0.269 e. The summed E-state index contributed by atoms with van der Waals surface area (Å²) in [6.45, 7) is 4.31. The van der Waals surface area contributed by atoms with Gasteiger partial charge in [-0.3, -0.25) is 9.48 Å². The topological polar surface area (TPSA) is 124 Å². The number of hydrogen-bond acceptors (Lipinski definition) is 7. The summed E-state index contributed by atoms with van der Waals surface area (Å²) in [6.07, 6.45) is 4.33. The lowest BCUT2D eigenvalue weighted by Gasteiger charge is -2.43. The molecule has 1 atom stereocenters. The third kappa shape index (κ3) is 3.91. The van der Waals surface area contributed by atoms with Gasteiger partial charge in [0.25, 0.3) is 5.91 Å². The highest BCUT2D eigenvalue weighted by atomic mass is 32.2. The van der Waals surface area contributed by atoms with Gasteiger partial charge >= 0.3 is 0 Å². The van der Waals surface area contributed by atoms with E-state index in [9.17, 15) is 13.2 Å². The number of nitrogens with one attached hydrogen (secondary N) is 1. The van der Waals surface area contributed by atoms with Crippen LogP contribution in [0.1, 0.15) is 41.6 Å². The maximum absolute atomic E-state index is 12.4. The number of amides is 1. The van der Waals surface area contributed by atoms with Crippen LogP contribution >= 0.6 is 0 Å². The second-order valence-corrected chi connectivity index (χ2v) is 9.51. The number of hydrogen-bond donors (Lipinski definition) is 1. The second kappa shape index (κ2) is 7.50. The molecule has 4 heterocycles. The molecular formula is C17H25N7O4S. The van der Waals surface area contributed by atoms with Crippen molar-refractivity contribution < 1.29 is 17.9 Å². The molecule has 2 aliphatic rings. The number of piperidine rings is 1. The minimum absolute atomic E-state index is 0.227. The van der Waals surface area contributed by atoms with E-state index in [4.69, 9.17) is 4.74 Å². The van der Waals surface area contributed by atoms with Crippen LogP contribution in [0.25, 0.3) is 0 Å². The molecule has 2 aliphatic heterocycles. The van der Waals surface area contributed by atoms with Crippen molar-refractivity contribution in [1.82, 2.24) is 34.4 Å². The number of rotatable bonds is 5. The van der Waals surface area contributed by atoms with Crippen LogP contribution < -0.4 is 5.32 Å². The fourth-order valence-electron chi connectivity index (χ4n) is 3.95. The minimum atomic E-state index is -3.27. The molecule has 29 heavy (non-hydrogen) atoms. The van der Waals surface area contributed by atoms with Crippen LogP contribution in [0, 0.1) is 0 Å². The number of sulfonamides is 1. The summed E-state index contributed by atoms with van der Waals surface area (Å²) in [5, 5.41) is 15.4. The first-order chi connectivity index (χ1) is 13.8. The highest BCUT2D eigenvalue weighted by Gasteiger charge is 2.43. The van der Waals surface area contributed by atoms with E-state index in [0.29, 0.717) is 37.6 Å². The fraction of sp³-hybridized carbons (Fsp3) is 0.647. The molecule has 2 aromatic heterocycles. The number of ether oxygens (including phenoxy) is 1. The molecule has 1 unspecified atom stereocenters. The van der Waals surface area contributed by atoms with Crippen LogP contribution in [0.4, 0.5) is 0 Å². The Morgan fingerprint density at radius 1 is 1.38 bits per heavy atom. The molecule has 158 valence electrons. The van der Waals surface area contributed by atoms with Gasteiger partial charge in [-0.15, -0.1) is 5.10 Å². The molecule has 1 saturated heterocycles. The van der Waals surface area contributed by atoms with Crippen molar-refractivity contribution in [2.24, 2.45) is 0 Å². The lowest BCUT2D eigenvalue weighted by molar-refractivity contribution is -0.117. The van der Waals surface area contributed by atoms with Crippen molar-refractivity contribution in [1.29, 1.82) is 0 Å². The van der Waals surface area contributed by atoms with Crippen LogP contribution in [0.3, 0.4) is 0 Å². The molecule has 1 N–H and O–H groups in total. The van der Waals surface area contributed by atoms with Gasteiger partial charge in [-0.1, -0.05) is 5.21 Å². The van der Waals surface area contributed by atoms with E-state index in [0.717, 1.165) is 18.5 Å². The Kier molecular flexibility index (Phi) is 5.17. The van der Waals surface area contributed by atoms with Crippen LogP contribution in [-0.4, -0.2) is 68.4 Å². The molecule has 12 heteroatoms. The molecule has 0 saturated carbocycles. The average Bonchev–Trinajstić information content (AvgIpc) is 3.32. The summed E-state index contributed by atoms with van der Waals surface area (Å²) >= 11 is 0. The van der Waals surface area contributed by atoms with Crippen molar-refractivity contribution in [3.05, 3.63) is 29.3 Å². The Morgan fingerprint density at radius 3 is 2.97 bits per heavy atom. The van der Waals surface area contributed by atoms with Crippen molar-refractivity contribution in [2.75, 3.05) is 19.3 Å². The SMILES string of the molecule is CCn1nccc1C(=O)NCc1nnn2c1COC1(CCCN(S(C)(=O)=O)C1)C2. The van der Waals surface area contributed by atoms with E-state index < -0.39 is 15.6 Å². The molecule has 0 aliphatic carbocycles. The highest BCUT2D eigenvalue weighted by molar-refractivity contribution is 7.88. The molecule has 0 radical (unpaired) electrons. The van der Waals surface area contributed by atoms with Crippen LogP contribution in [0.15, 0.2) is 12.3 Å². The Labute approximate surface area is 169 Å². The molecule has 0 bridgehead atoms. The second-order valence-electron chi connectivity index (χ2n) is 7.53. The number of carbonyl (C=O) groups is 1. The quantitative estimate of drug-likeness (QED) is 0.703. The zero-order valence-electron chi connectivity index (χ0n) is 16.5. The zero-order valence-corrected chi connectivity index (χ0v) is 17.4. The normalized spacial score (nSPS) is 22.6. The Hall–Kier alpha value is -2.31. The van der Waals surface area contributed by atoms with E-state index in [-0.39, 0.29) is 19.1 Å². The monoisotopic (exact) mass is 423 g/mol. The third-order valence-electron chi connectivity index (χ3n) is 5.51. The summed E-state index contributed by atoms with van der Waals surface area (Å²) < 4.78 is 34.9. The number of aryl methyl sites for hydroxylation is 1. The summed E-state index contributed by atoms with van der Waals surface area (Å²) in [5.41, 5.74) is 1.35. The summed E-state index contributed by atoms with van der Waals surface area (Å²) in [6, 6.07) is 1.67. The number of aromatic nitrogens is 5. The van der Waals surface area contributed by atoms with Gasteiger partial charge < -0.3 is 10.1 Å². The standard InChI is InChI=1S/C17H25N7O4S/c1-3-23-14(5-7-19-23)16(25)18-9-13-15-10-28-17(12-24(15)21-20-13)6-4-8-22(11-17)29(2,26)27/h5,7H,3-4,6,8-12H2,1-2H3,(H,18,25). The van der Waals surface area contributed by atoms with Crippen LogP contribution in [0.2, 0.25) is 0 Å². The minimum Gasteiger partial charge on any atom is -0.365 e. The lowest BCUT2D eigenvalue weighted by atomic mass is 9.92. The maximum atomic E-state index is 12.4. The van der Waals surface area contributed by atoms with E-state index in [1.165, 1.54) is 10.6 Å². The van der Waals surface area contributed by atoms with Crippen LogP contribution in [-0.2, 0) is 41.0 Å². The van der Waals surface area contributed by atoms with Gasteiger partial charge in [0.05, 0.1) is 31.6 Å². The molecule has 11 nitrogen and oxygen atoms in total. The first-order valence-corrected chi connectivity index (χ1v) is 11.5. The van der Waals surface area contributed by atoms with Gasteiger partial charge in [-0.25, -0.2) is 13.1 Å². The van der Waals surface area contributed by atoms with E-state index in [2.05, 4.69) is 20.7 Å². The summed E-state index contributed by atoms with van der Waals surface area (Å²) in [4.78, 5) is 12.4. The summed E-state index contributed by atoms with van der Waals surface area (Å²) in [5.74, 6) is -0.227. The summed E-state index contributed by atoms with van der Waals surface area (Å²) in [7, 11) is -3.27.